The molecule has 1 atom stereocenters. The molecule has 1 aromatic rings. The van der Waals surface area contributed by atoms with Gasteiger partial charge in [0.2, 0.25) is 0 Å². The van der Waals surface area contributed by atoms with E-state index in [0.29, 0.717) is 6.42 Å². The molecule has 0 bridgehead atoms. The predicted molar refractivity (Wildman–Crippen MR) is 64.2 cm³/mol. The Kier molecular flexibility index (Phi) is 4.07. The normalized spacial score (nSPS) is 14.1. The number of nitrogens with zero attached hydrogens (tertiary/aromatic N) is 1. The van der Waals surface area contributed by atoms with Crippen molar-refractivity contribution in [1.82, 2.24) is 0 Å². The van der Waals surface area contributed by atoms with Gasteiger partial charge in [-0.05, 0) is 31.9 Å². The molecule has 1 unspecified atom stereocenters. The highest BCUT2D eigenvalue weighted by Crippen LogP contribution is 2.28. The van der Waals surface area contributed by atoms with Gasteiger partial charge in [-0.2, -0.15) is 0 Å². The lowest BCUT2D eigenvalue weighted by atomic mass is 10.1. The fourth-order valence-electron chi connectivity index (χ4n) is 1.23. The Bertz CT molecular complexity index is 415. The first-order valence-corrected chi connectivity index (χ1v) is 5.46. The van der Waals surface area contributed by atoms with E-state index in [2.05, 4.69) is 0 Å². The number of nitro benzene ring substituents is 1. The third kappa shape index (κ3) is 3.71. The maximum Gasteiger partial charge on any atom is 0.311 e. The number of aryl methyl sites for hydroxylation is 1. The van der Waals surface area contributed by atoms with Crippen molar-refractivity contribution in [2.24, 2.45) is 0 Å². The number of nitro groups is 1. The minimum atomic E-state index is -0.973. The highest BCUT2D eigenvalue weighted by Gasteiger charge is 2.21. The van der Waals surface area contributed by atoms with E-state index in [4.69, 9.17) is 4.74 Å². The van der Waals surface area contributed by atoms with Gasteiger partial charge in [0, 0.05) is 6.07 Å². The number of aliphatic hydroxyl groups is 1. The quantitative estimate of drug-likeness (QED) is 0.632. The summed E-state index contributed by atoms with van der Waals surface area (Å²) in [5, 5.41) is 20.6. The van der Waals surface area contributed by atoms with Crippen molar-refractivity contribution in [3.8, 4) is 5.75 Å². The van der Waals surface area contributed by atoms with Crippen molar-refractivity contribution in [2.45, 2.75) is 32.8 Å². The molecule has 0 saturated carbocycles. The number of ether oxygens (including phenoxy) is 1. The Morgan fingerprint density at radius 3 is 2.71 bits per heavy atom. The zero-order valence-corrected chi connectivity index (χ0v) is 10.3. The molecule has 1 rings (SSSR count). The molecule has 0 radical (unpaired) electrons. The Hall–Kier alpha value is -1.62. The highest BCUT2D eigenvalue weighted by atomic mass is 16.6. The largest absolute Gasteiger partial charge is 0.484 e. The van der Waals surface area contributed by atoms with Crippen LogP contribution in [0, 0.1) is 17.0 Å². The third-order valence-corrected chi connectivity index (χ3v) is 2.61. The van der Waals surface area contributed by atoms with Gasteiger partial charge in [-0.3, -0.25) is 10.1 Å². The first kappa shape index (κ1) is 13.4. The van der Waals surface area contributed by atoms with Crippen LogP contribution < -0.4 is 4.74 Å². The van der Waals surface area contributed by atoms with Gasteiger partial charge in [-0.15, -0.1) is 0 Å². The van der Waals surface area contributed by atoms with Crippen LogP contribution in [-0.2, 0) is 0 Å². The molecule has 0 fully saturated rings. The van der Waals surface area contributed by atoms with Crippen LogP contribution in [0.15, 0.2) is 18.2 Å². The van der Waals surface area contributed by atoms with E-state index < -0.39 is 10.5 Å². The van der Waals surface area contributed by atoms with Crippen LogP contribution in [0.3, 0.4) is 0 Å². The van der Waals surface area contributed by atoms with Crippen molar-refractivity contribution in [3.63, 3.8) is 0 Å². The number of hydrogen-bond donors (Lipinski definition) is 1. The van der Waals surface area contributed by atoms with Crippen LogP contribution in [0.2, 0.25) is 0 Å². The molecule has 0 aliphatic carbocycles. The Balaban J connectivity index is 2.88. The fourth-order valence-corrected chi connectivity index (χ4v) is 1.23. The van der Waals surface area contributed by atoms with E-state index in [1.807, 2.05) is 6.92 Å². The maximum absolute atomic E-state index is 10.8. The number of hydrogen-bond acceptors (Lipinski definition) is 4. The molecular weight excluding hydrogens is 222 g/mol. The SMILES string of the molecule is CCC(C)(O)COc1ccc(C)cc1[N+](=O)[O-]. The van der Waals surface area contributed by atoms with Crippen LogP contribution in [0.4, 0.5) is 5.69 Å². The molecule has 17 heavy (non-hydrogen) atoms. The summed E-state index contributed by atoms with van der Waals surface area (Å²) in [5.74, 6) is 0.189. The third-order valence-electron chi connectivity index (χ3n) is 2.61. The van der Waals surface area contributed by atoms with Crippen molar-refractivity contribution < 1.29 is 14.8 Å². The second-order valence-corrected chi connectivity index (χ2v) is 4.37. The first-order chi connectivity index (χ1) is 7.85. The Labute approximate surface area is 100 Å². The van der Waals surface area contributed by atoms with E-state index in [1.54, 1.807) is 26.0 Å². The zero-order valence-electron chi connectivity index (χ0n) is 10.3. The molecule has 5 nitrogen and oxygen atoms in total. The van der Waals surface area contributed by atoms with Crippen LogP contribution in [0.5, 0.6) is 5.75 Å². The average molecular weight is 239 g/mol. The summed E-state index contributed by atoms with van der Waals surface area (Å²) in [6, 6.07) is 4.75. The van der Waals surface area contributed by atoms with E-state index in [0.717, 1.165) is 5.56 Å². The molecule has 0 heterocycles. The number of benzene rings is 1. The Morgan fingerprint density at radius 2 is 2.18 bits per heavy atom. The van der Waals surface area contributed by atoms with E-state index >= 15 is 0 Å². The summed E-state index contributed by atoms with van der Waals surface area (Å²) in [4.78, 5) is 10.3. The summed E-state index contributed by atoms with van der Waals surface area (Å²) in [6.07, 6.45) is 0.520. The minimum Gasteiger partial charge on any atom is -0.484 e. The second-order valence-electron chi connectivity index (χ2n) is 4.37. The van der Waals surface area contributed by atoms with Gasteiger partial charge >= 0.3 is 5.69 Å². The van der Waals surface area contributed by atoms with Gasteiger partial charge in [0.1, 0.15) is 6.61 Å². The van der Waals surface area contributed by atoms with E-state index in [9.17, 15) is 15.2 Å². The van der Waals surface area contributed by atoms with Crippen molar-refractivity contribution >= 4 is 5.69 Å². The van der Waals surface area contributed by atoms with Crippen LogP contribution >= 0.6 is 0 Å². The molecule has 0 aliphatic heterocycles. The summed E-state index contributed by atoms with van der Waals surface area (Å²) >= 11 is 0. The van der Waals surface area contributed by atoms with Crippen LogP contribution in [0.25, 0.3) is 0 Å². The van der Waals surface area contributed by atoms with E-state index in [-0.39, 0.29) is 18.0 Å². The van der Waals surface area contributed by atoms with Gasteiger partial charge in [0.05, 0.1) is 10.5 Å². The van der Waals surface area contributed by atoms with Crippen molar-refractivity contribution in [1.29, 1.82) is 0 Å². The minimum absolute atomic E-state index is 0.0351. The summed E-state index contributed by atoms with van der Waals surface area (Å²) in [5.41, 5.74) is -0.248. The molecule has 0 amide bonds. The standard InChI is InChI=1S/C12H17NO4/c1-4-12(3,14)8-17-11-6-5-9(2)7-10(11)13(15)16/h5-7,14H,4,8H2,1-3H3. The summed E-state index contributed by atoms with van der Waals surface area (Å²) < 4.78 is 5.32. The molecule has 1 aromatic carbocycles. The summed E-state index contributed by atoms with van der Waals surface area (Å²) in [7, 11) is 0. The topological polar surface area (TPSA) is 72.6 Å². The molecular formula is C12H17NO4. The van der Waals surface area contributed by atoms with Crippen molar-refractivity contribution in [2.75, 3.05) is 6.61 Å². The Morgan fingerprint density at radius 1 is 1.53 bits per heavy atom. The van der Waals surface area contributed by atoms with Gasteiger partial charge in [-0.1, -0.05) is 13.0 Å². The molecule has 0 aliphatic rings. The molecule has 94 valence electrons. The van der Waals surface area contributed by atoms with Crippen LogP contribution in [0.1, 0.15) is 25.8 Å². The highest BCUT2D eigenvalue weighted by molar-refractivity contribution is 5.48. The second kappa shape index (κ2) is 5.14. The van der Waals surface area contributed by atoms with Gasteiger partial charge in [0.15, 0.2) is 5.75 Å². The smallest absolute Gasteiger partial charge is 0.311 e. The van der Waals surface area contributed by atoms with E-state index in [1.165, 1.54) is 6.07 Å². The lowest BCUT2D eigenvalue weighted by Crippen LogP contribution is -2.31. The summed E-state index contributed by atoms with van der Waals surface area (Å²) in [6.45, 7) is 5.27. The first-order valence-electron chi connectivity index (χ1n) is 5.46. The average Bonchev–Trinajstić information content (AvgIpc) is 2.27. The molecule has 0 aromatic heterocycles. The lowest BCUT2D eigenvalue weighted by molar-refractivity contribution is -0.386. The molecule has 5 heteroatoms. The predicted octanol–water partition coefficient (Wildman–Crippen LogP) is 2.44. The monoisotopic (exact) mass is 239 g/mol. The number of rotatable bonds is 5. The van der Waals surface area contributed by atoms with Gasteiger partial charge in [-0.25, -0.2) is 0 Å². The lowest BCUT2D eigenvalue weighted by Gasteiger charge is -2.21. The van der Waals surface area contributed by atoms with Gasteiger partial charge < -0.3 is 9.84 Å². The maximum atomic E-state index is 10.8. The molecule has 1 N–H and O–H groups in total. The molecule has 0 spiro atoms. The van der Waals surface area contributed by atoms with Crippen molar-refractivity contribution in [3.05, 3.63) is 33.9 Å². The van der Waals surface area contributed by atoms with Gasteiger partial charge in [0.25, 0.3) is 0 Å². The fraction of sp³-hybridized carbons (Fsp3) is 0.500. The zero-order chi connectivity index (χ0) is 13.1. The van der Waals surface area contributed by atoms with Crippen LogP contribution in [-0.4, -0.2) is 22.2 Å². The molecule has 0 saturated heterocycles.